The van der Waals surface area contributed by atoms with E-state index in [0.717, 1.165) is 10.8 Å². The van der Waals surface area contributed by atoms with Gasteiger partial charge in [0.15, 0.2) is 6.61 Å². The van der Waals surface area contributed by atoms with Gasteiger partial charge in [0, 0.05) is 6.92 Å². The molecule has 0 radical (unpaired) electrons. The maximum atomic E-state index is 11.3. The molecule has 0 aliphatic heterocycles. The van der Waals surface area contributed by atoms with Gasteiger partial charge in [-0.15, -0.1) is 10.2 Å². The van der Waals surface area contributed by atoms with Crippen LogP contribution in [0.4, 0.5) is 0 Å². The summed E-state index contributed by atoms with van der Waals surface area (Å²) in [5, 5.41) is 18.5. The van der Waals surface area contributed by atoms with Crippen LogP contribution in [-0.2, 0) is 6.61 Å². The average Bonchev–Trinajstić information content (AvgIpc) is 2.89. The van der Waals surface area contributed by atoms with E-state index < -0.39 is 5.97 Å². The molecule has 0 saturated carbocycles. The molecule has 0 fully saturated rings. The van der Waals surface area contributed by atoms with Crippen LogP contribution in [0.15, 0.2) is 40.8 Å². The maximum Gasteiger partial charge on any atom is 0.339 e. The highest BCUT2D eigenvalue weighted by atomic mass is 16.5. The topological polar surface area (TPSA) is 85.5 Å². The third-order valence-corrected chi connectivity index (χ3v) is 3.00. The minimum absolute atomic E-state index is 0.0272. The summed E-state index contributed by atoms with van der Waals surface area (Å²) < 4.78 is 10.7. The largest absolute Gasteiger partial charge is 0.483 e. The zero-order valence-electron chi connectivity index (χ0n) is 11.2. The number of carbonyl (C=O) groups is 1. The molecule has 0 saturated heterocycles. The fourth-order valence-corrected chi connectivity index (χ4v) is 2.04. The van der Waals surface area contributed by atoms with Crippen molar-refractivity contribution in [3.8, 4) is 5.75 Å². The van der Waals surface area contributed by atoms with Crippen molar-refractivity contribution in [3.05, 3.63) is 53.7 Å². The Hall–Kier alpha value is -2.89. The summed E-state index contributed by atoms with van der Waals surface area (Å²) in [6.07, 6.45) is 0. The lowest BCUT2D eigenvalue weighted by Crippen LogP contribution is -2.04. The smallest absolute Gasteiger partial charge is 0.339 e. The summed E-state index contributed by atoms with van der Waals surface area (Å²) in [5.41, 5.74) is 0.102. The second-order valence-corrected chi connectivity index (χ2v) is 4.50. The Morgan fingerprint density at radius 3 is 2.57 bits per heavy atom. The van der Waals surface area contributed by atoms with Gasteiger partial charge in [-0.2, -0.15) is 0 Å². The van der Waals surface area contributed by atoms with E-state index in [1.165, 1.54) is 0 Å². The number of ether oxygens (including phenoxy) is 1. The number of aromatic carboxylic acids is 1. The van der Waals surface area contributed by atoms with Gasteiger partial charge in [0.25, 0.3) is 5.89 Å². The molecule has 1 N–H and O–H groups in total. The molecule has 106 valence electrons. The lowest BCUT2D eigenvalue weighted by Gasteiger charge is -2.09. The minimum atomic E-state index is -1.04. The number of carboxylic acid groups (broad SMARTS) is 1. The highest BCUT2D eigenvalue weighted by Crippen LogP contribution is 2.26. The van der Waals surface area contributed by atoms with Gasteiger partial charge in [0.1, 0.15) is 11.3 Å². The molecule has 1 aromatic heterocycles. The van der Waals surface area contributed by atoms with Crippen molar-refractivity contribution >= 4 is 16.7 Å². The lowest BCUT2D eigenvalue weighted by molar-refractivity contribution is 0.0691. The van der Waals surface area contributed by atoms with E-state index in [1.807, 2.05) is 24.3 Å². The first-order valence-electron chi connectivity index (χ1n) is 6.31. The molecular weight excluding hydrogens is 272 g/mol. The molecule has 1 heterocycles. The first-order chi connectivity index (χ1) is 10.1. The molecule has 2 aromatic carbocycles. The second-order valence-electron chi connectivity index (χ2n) is 4.50. The molecule has 0 amide bonds. The molecule has 0 aliphatic rings. The van der Waals surface area contributed by atoms with E-state index >= 15 is 0 Å². The number of carboxylic acids is 1. The number of fused-ring (bicyclic) bond motifs is 1. The van der Waals surface area contributed by atoms with E-state index in [1.54, 1.807) is 19.1 Å². The number of aryl methyl sites for hydroxylation is 1. The number of benzene rings is 2. The zero-order chi connectivity index (χ0) is 14.8. The van der Waals surface area contributed by atoms with E-state index in [2.05, 4.69) is 10.2 Å². The summed E-state index contributed by atoms with van der Waals surface area (Å²) in [6.45, 7) is 1.70. The van der Waals surface area contributed by atoms with Crippen molar-refractivity contribution in [2.75, 3.05) is 0 Å². The Morgan fingerprint density at radius 1 is 1.24 bits per heavy atom. The lowest BCUT2D eigenvalue weighted by atomic mass is 10.1. The predicted molar refractivity (Wildman–Crippen MR) is 74.3 cm³/mol. The van der Waals surface area contributed by atoms with Crippen molar-refractivity contribution in [2.45, 2.75) is 13.5 Å². The maximum absolute atomic E-state index is 11.3. The van der Waals surface area contributed by atoms with Crippen molar-refractivity contribution in [1.82, 2.24) is 10.2 Å². The third-order valence-electron chi connectivity index (χ3n) is 3.00. The summed E-state index contributed by atoms with van der Waals surface area (Å²) in [5.74, 6) is -0.0305. The van der Waals surface area contributed by atoms with E-state index in [4.69, 9.17) is 9.15 Å². The second kappa shape index (κ2) is 5.24. The first-order valence-corrected chi connectivity index (χ1v) is 6.31. The SMILES string of the molecule is Cc1nnc(COc2cc3ccccc3cc2C(=O)O)o1. The quantitative estimate of drug-likeness (QED) is 0.792. The van der Waals surface area contributed by atoms with Crippen molar-refractivity contribution < 1.29 is 19.1 Å². The third kappa shape index (κ3) is 2.69. The average molecular weight is 284 g/mol. The molecule has 0 aliphatic carbocycles. The normalized spacial score (nSPS) is 10.7. The molecule has 6 heteroatoms. The highest BCUT2D eigenvalue weighted by Gasteiger charge is 2.14. The van der Waals surface area contributed by atoms with Crippen LogP contribution in [0, 0.1) is 6.92 Å². The molecule has 21 heavy (non-hydrogen) atoms. The van der Waals surface area contributed by atoms with E-state index in [9.17, 15) is 9.90 Å². The summed E-state index contributed by atoms with van der Waals surface area (Å²) in [7, 11) is 0. The van der Waals surface area contributed by atoms with Crippen LogP contribution in [0.1, 0.15) is 22.1 Å². The van der Waals surface area contributed by atoms with Gasteiger partial charge in [-0.3, -0.25) is 0 Å². The molecule has 3 rings (SSSR count). The molecule has 0 bridgehead atoms. The van der Waals surface area contributed by atoms with Crippen LogP contribution in [0.3, 0.4) is 0 Å². The number of nitrogens with zero attached hydrogens (tertiary/aromatic N) is 2. The number of rotatable bonds is 4. The summed E-state index contributed by atoms with van der Waals surface area (Å²) >= 11 is 0. The zero-order valence-corrected chi connectivity index (χ0v) is 11.2. The Labute approximate surface area is 120 Å². The minimum Gasteiger partial charge on any atom is -0.483 e. The molecule has 0 unspecified atom stereocenters. The van der Waals surface area contributed by atoms with Crippen molar-refractivity contribution in [3.63, 3.8) is 0 Å². The standard InChI is InChI=1S/C15H12N2O4/c1-9-16-17-14(21-9)8-20-13-7-11-5-3-2-4-10(11)6-12(13)15(18)19/h2-7H,8H2,1H3,(H,18,19). The molecule has 0 atom stereocenters. The van der Waals surface area contributed by atoms with E-state index in [-0.39, 0.29) is 17.9 Å². The molecular formula is C15H12N2O4. The van der Waals surface area contributed by atoms with E-state index in [0.29, 0.717) is 11.8 Å². The van der Waals surface area contributed by atoms with Gasteiger partial charge in [-0.05, 0) is 22.9 Å². The Bertz CT molecular complexity index is 810. The fraction of sp³-hybridized carbons (Fsp3) is 0.133. The van der Waals surface area contributed by atoms with Gasteiger partial charge in [0.05, 0.1) is 0 Å². The predicted octanol–water partition coefficient (Wildman–Crippen LogP) is 2.81. The van der Waals surface area contributed by atoms with Gasteiger partial charge >= 0.3 is 5.97 Å². The van der Waals surface area contributed by atoms with Crippen molar-refractivity contribution in [1.29, 1.82) is 0 Å². The number of aromatic nitrogens is 2. The highest BCUT2D eigenvalue weighted by molar-refractivity contribution is 5.97. The van der Waals surface area contributed by atoms with Crippen LogP contribution in [0.2, 0.25) is 0 Å². The Morgan fingerprint density at radius 2 is 1.95 bits per heavy atom. The van der Waals surface area contributed by atoms with Crippen LogP contribution in [0.25, 0.3) is 10.8 Å². The summed E-state index contributed by atoms with van der Waals surface area (Å²) in [6, 6.07) is 10.8. The molecule has 0 spiro atoms. The van der Waals surface area contributed by atoms with Crippen LogP contribution >= 0.6 is 0 Å². The monoisotopic (exact) mass is 284 g/mol. The number of hydrogen-bond acceptors (Lipinski definition) is 5. The van der Waals surface area contributed by atoms with Crippen molar-refractivity contribution in [2.24, 2.45) is 0 Å². The van der Waals surface area contributed by atoms with Crippen LogP contribution in [-0.4, -0.2) is 21.3 Å². The molecule has 3 aromatic rings. The first kappa shape index (κ1) is 13.1. The number of hydrogen-bond donors (Lipinski definition) is 1. The fourth-order valence-electron chi connectivity index (χ4n) is 2.04. The van der Waals surface area contributed by atoms with Gasteiger partial charge in [-0.25, -0.2) is 4.79 Å². The van der Waals surface area contributed by atoms with Crippen LogP contribution in [0.5, 0.6) is 5.75 Å². The Balaban J connectivity index is 1.95. The summed E-state index contributed by atoms with van der Waals surface area (Å²) in [4.78, 5) is 11.3. The van der Waals surface area contributed by atoms with Gasteiger partial charge in [0.2, 0.25) is 5.89 Å². The van der Waals surface area contributed by atoms with Gasteiger partial charge < -0.3 is 14.3 Å². The van der Waals surface area contributed by atoms with Gasteiger partial charge in [-0.1, -0.05) is 24.3 Å². The Kier molecular flexibility index (Phi) is 3.27. The molecule has 6 nitrogen and oxygen atoms in total. The van der Waals surface area contributed by atoms with Crippen LogP contribution < -0.4 is 4.74 Å².